The number of hydrogen-bond acceptors (Lipinski definition) is 4. The lowest BCUT2D eigenvalue weighted by molar-refractivity contribution is -0.124. The summed E-state index contributed by atoms with van der Waals surface area (Å²) in [4.78, 5) is 22.3. The number of carbonyl (C=O) groups excluding carboxylic acids is 2. The van der Waals surface area contributed by atoms with Crippen molar-refractivity contribution in [1.29, 1.82) is 0 Å². The molecule has 1 heterocycles. The van der Waals surface area contributed by atoms with Gasteiger partial charge in [-0.3, -0.25) is 4.79 Å². The molecule has 3 atom stereocenters. The van der Waals surface area contributed by atoms with Gasteiger partial charge in [-0.15, -0.1) is 0 Å². The Morgan fingerprint density at radius 3 is 2.15 bits per heavy atom. The number of aliphatic hydroxyl groups is 2. The number of rotatable bonds is 1. The molecule has 1 aliphatic rings. The van der Waals surface area contributed by atoms with Gasteiger partial charge in [-0.2, -0.15) is 0 Å². The van der Waals surface area contributed by atoms with Crippen molar-refractivity contribution in [3.8, 4) is 0 Å². The average molecular weight is 189 g/mol. The van der Waals surface area contributed by atoms with E-state index in [-0.39, 0.29) is 6.54 Å². The van der Waals surface area contributed by atoms with Gasteiger partial charge in [0.25, 0.3) is 0 Å². The lowest BCUT2D eigenvalue weighted by Crippen LogP contribution is -2.50. The van der Waals surface area contributed by atoms with Gasteiger partial charge in [-0.25, -0.2) is 4.79 Å². The van der Waals surface area contributed by atoms with Crippen molar-refractivity contribution >= 4 is 11.9 Å². The molecule has 1 saturated heterocycles. The summed E-state index contributed by atoms with van der Waals surface area (Å²) in [6, 6.07) is -2.12. The molecule has 0 bridgehead atoms. The second-order valence-electron chi connectivity index (χ2n) is 2.90. The summed E-state index contributed by atoms with van der Waals surface area (Å²) in [5.41, 5.74) is 9.83. The fourth-order valence-corrected chi connectivity index (χ4v) is 1.37. The van der Waals surface area contributed by atoms with E-state index >= 15 is 0 Å². The van der Waals surface area contributed by atoms with Crippen LogP contribution in [0.3, 0.4) is 0 Å². The zero-order valence-corrected chi connectivity index (χ0v) is 6.75. The zero-order valence-electron chi connectivity index (χ0n) is 6.75. The van der Waals surface area contributed by atoms with Crippen molar-refractivity contribution in [2.75, 3.05) is 6.54 Å². The highest BCUT2D eigenvalue weighted by Gasteiger charge is 2.44. The third kappa shape index (κ3) is 1.56. The molecule has 6 N–H and O–H groups in total. The number of likely N-dealkylation sites (tertiary alicyclic amines) is 1. The lowest BCUT2D eigenvalue weighted by Gasteiger charge is -2.20. The SMILES string of the molecule is NC(=O)C1C(O)C(O)CN1C(N)=O. The Morgan fingerprint density at radius 2 is 1.85 bits per heavy atom. The third-order valence-corrected chi connectivity index (χ3v) is 2.01. The van der Waals surface area contributed by atoms with E-state index in [9.17, 15) is 14.7 Å². The van der Waals surface area contributed by atoms with Crippen LogP contribution in [0, 0.1) is 0 Å². The van der Waals surface area contributed by atoms with Crippen molar-refractivity contribution < 1.29 is 19.8 Å². The summed E-state index contributed by atoms with van der Waals surface area (Å²) in [6.45, 7) is -0.176. The van der Waals surface area contributed by atoms with E-state index in [4.69, 9.17) is 16.6 Å². The van der Waals surface area contributed by atoms with Gasteiger partial charge < -0.3 is 26.6 Å². The summed E-state index contributed by atoms with van der Waals surface area (Å²) in [7, 11) is 0. The van der Waals surface area contributed by atoms with Gasteiger partial charge in [-0.1, -0.05) is 0 Å². The molecule has 1 fully saturated rings. The van der Waals surface area contributed by atoms with E-state index in [1.807, 2.05) is 0 Å². The average Bonchev–Trinajstić information content (AvgIpc) is 2.28. The maximum Gasteiger partial charge on any atom is 0.315 e. The third-order valence-electron chi connectivity index (χ3n) is 2.01. The second kappa shape index (κ2) is 3.19. The first-order valence-electron chi connectivity index (χ1n) is 3.66. The Bertz CT molecular complexity index is 244. The quantitative estimate of drug-likeness (QED) is 0.349. The molecule has 0 aromatic rings. The maximum atomic E-state index is 10.8. The largest absolute Gasteiger partial charge is 0.388 e. The van der Waals surface area contributed by atoms with Gasteiger partial charge in [0.15, 0.2) is 0 Å². The first-order chi connectivity index (χ1) is 5.95. The molecule has 0 aliphatic carbocycles. The summed E-state index contributed by atoms with van der Waals surface area (Å²) >= 11 is 0. The van der Waals surface area contributed by atoms with Crippen LogP contribution in [0.2, 0.25) is 0 Å². The van der Waals surface area contributed by atoms with Crippen LogP contribution in [0.1, 0.15) is 0 Å². The van der Waals surface area contributed by atoms with Crippen LogP contribution in [0.4, 0.5) is 4.79 Å². The van der Waals surface area contributed by atoms with E-state index in [1.54, 1.807) is 0 Å². The molecule has 0 aromatic heterocycles. The maximum absolute atomic E-state index is 10.8. The van der Waals surface area contributed by atoms with Gasteiger partial charge in [-0.05, 0) is 0 Å². The highest BCUT2D eigenvalue weighted by Crippen LogP contribution is 2.17. The Balaban J connectivity index is 2.86. The minimum Gasteiger partial charge on any atom is -0.388 e. The minimum absolute atomic E-state index is 0.176. The first kappa shape index (κ1) is 9.75. The second-order valence-corrected chi connectivity index (χ2v) is 2.90. The summed E-state index contributed by atoms with van der Waals surface area (Å²) < 4.78 is 0. The Labute approximate surface area is 73.9 Å². The van der Waals surface area contributed by atoms with Gasteiger partial charge >= 0.3 is 6.03 Å². The predicted octanol–water partition coefficient (Wildman–Crippen LogP) is -3.04. The summed E-state index contributed by atoms with van der Waals surface area (Å²) in [6.07, 6.45) is -2.53. The van der Waals surface area contributed by atoms with Gasteiger partial charge in [0, 0.05) is 0 Å². The van der Waals surface area contributed by atoms with Crippen LogP contribution in [-0.2, 0) is 4.79 Å². The van der Waals surface area contributed by atoms with Crippen LogP contribution in [0.25, 0.3) is 0 Å². The molecular weight excluding hydrogens is 178 g/mol. The van der Waals surface area contributed by atoms with Crippen LogP contribution in [-0.4, -0.2) is 51.8 Å². The van der Waals surface area contributed by atoms with Gasteiger partial charge in [0.1, 0.15) is 18.2 Å². The van der Waals surface area contributed by atoms with Crippen LogP contribution in [0.5, 0.6) is 0 Å². The number of nitrogens with two attached hydrogens (primary N) is 2. The Kier molecular flexibility index (Phi) is 2.39. The van der Waals surface area contributed by atoms with Crippen molar-refractivity contribution in [2.24, 2.45) is 11.5 Å². The molecule has 3 amide bonds. The summed E-state index contributed by atoms with van der Waals surface area (Å²) in [5.74, 6) is -0.886. The molecule has 1 rings (SSSR count). The van der Waals surface area contributed by atoms with E-state index in [0.717, 1.165) is 4.90 Å². The van der Waals surface area contributed by atoms with Crippen LogP contribution < -0.4 is 11.5 Å². The smallest absolute Gasteiger partial charge is 0.315 e. The predicted molar refractivity (Wildman–Crippen MR) is 41.3 cm³/mol. The van der Waals surface area contributed by atoms with E-state index in [0.29, 0.717) is 0 Å². The number of aliphatic hydroxyl groups excluding tert-OH is 2. The number of amides is 3. The summed E-state index contributed by atoms with van der Waals surface area (Å²) in [5, 5.41) is 18.4. The molecule has 74 valence electrons. The molecule has 0 saturated carbocycles. The van der Waals surface area contributed by atoms with Crippen molar-refractivity contribution in [3.63, 3.8) is 0 Å². The van der Waals surface area contributed by atoms with Crippen LogP contribution in [0.15, 0.2) is 0 Å². The molecule has 3 unspecified atom stereocenters. The number of nitrogens with zero attached hydrogens (tertiary/aromatic N) is 1. The zero-order chi connectivity index (χ0) is 10.2. The van der Waals surface area contributed by atoms with Gasteiger partial charge in [0.05, 0.1) is 6.54 Å². The number of β-amino-alcohol motifs (C(OH)–C–C–N with tert-alkyl or cyclic N) is 1. The Hall–Kier alpha value is -1.34. The molecule has 0 radical (unpaired) electrons. The van der Waals surface area contributed by atoms with E-state index in [2.05, 4.69) is 0 Å². The van der Waals surface area contributed by atoms with Crippen molar-refractivity contribution in [1.82, 2.24) is 4.90 Å². The van der Waals surface area contributed by atoms with Crippen molar-refractivity contribution in [3.05, 3.63) is 0 Å². The molecule has 7 heteroatoms. The lowest BCUT2D eigenvalue weighted by atomic mass is 10.1. The number of urea groups is 1. The molecule has 0 spiro atoms. The standard InChI is InChI=1S/C6H11N3O4/c7-5(12)3-4(11)2(10)1-9(3)6(8)13/h2-4,10-11H,1H2,(H2,7,12)(H2,8,13). The topological polar surface area (TPSA) is 130 Å². The molecule has 13 heavy (non-hydrogen) atoms. The van der Waals surface area contributed by atoms with Crippen molar-refractivity contribution in [2.45, 2.75) is 18.2 Å². The fraction of sp³-hybridized carbons (Fsp3) is 0.667. The minimum atomic E-state index is -1.36. The first-order valence-corrected chi connectivity index (χ1v) is 3.66. The van der Waals surface area contributed by atoms with E-state index < -0.39 is 30.2 Å². The Morgan fingerprint density at radius 1 is 1.31 bits per heavy atom. The van der Waals surface area contributed by atoms with Crippen LogP contribution >= 0.6 is 0 Å². The normalized spacial score (nSPS) is 33.4. The molecule has 0 aromatic carbocycles. The molecular formula is C6H11N3O4. The monoisotopic (exact) mass is 189 g/mol. The van der Waals surface area contributed by atoms with E-state index in [1.165, 1.54) is 0 Å². The number of hydrogen-bond donors (Lipinski definition) is 4. The molecule has 1 aliphatic heterocycles. The number of carbonyl (C=O) groups is 2. The molecule has 7 nitrogen and oxygen atoms in total. The van der Waals surface area contributed by atoms with Gasteiger partial charge in [0.2, 0.25) is 5.91 Å². The fourth-order valence-electron chi connectivity index (χ4n) is 1.37. The number of primary amides is 2. The highest BCUT2D eigenvalue weighted by atomic mass is 16.3. The highest BCUT2D eigenvalue weighted by molar-refractivity contribution is 5.86.